The third-order valence-corrected chi connectivity index (χ3v) is 4.06. The maximum absolute atomic E-state index is 14.1. The van der Waals surface area contributed by atoms with Crippen molar-refractivity contribution in [1.29, 1.82) is 0 Å². The average molecular weight is 418 g/mol. The molecule has 0 amide bonds. The van der Waals surface area contributed by atoms with Crippen molar-refractivity contribution in [3.8, 4) is 22.3 Å². The van der Waals surface area contributed by atoms with Gasteiger partial charge in [0.25, 0.3) is 0 Å². The molecule has 0 unspecified atom stereocenters. The van der Waals surface area contributed by atoms with Gasteiger partial charge in [0, 0.05) is 29.0 Å². The van der Waals surface area contributed by atoms with Crippen LogP contribution in [0.2, 0.25) is 0 Å². The van der Waals surface area contributed by atoms with Gasteiger partial charge in [-0.1, -0.05) is 0 Å². The quantitative estimate of drug-likeness (QED) is 0.495. The molecule has 0 aliphatic rings. The van der Waals surface area contributed by atoms with E-state index >= 15 is 0 Å². The Balaban J connectivity index is 2.21. The summed E-state index contributed by atoms with van der Waals surface area (Å²) in [5.41, 5.74) is 1.75. The SMILES string of the molecule is Nc1ncc(-c2cc(C(F)(F)F)cc(C(F)(F)F)c2)cc1-c1ccc(F)cc1F. The minimum absolute atomic E-state index is 0.00518. The second kappa shape index (κ2) is 7.02. The normalized spacial score (nSPS) is 12.3. The van der Waals surface area contributed by atoms with Gasteiger partial charge in [-0.2, -0.15) is 26.3 Å². The Morgan fingerprint density at radius 1 is 0.690 bits per heavy atom. The van der Waals surface area contributed by atoms with Crippen molar-refractivity contribution >= 4 is 5.82 Å². The number of pyridine rings is 1. The molecule has 0 aliphatic carbocycles. The van der Waals surface area contributed by atoms with Crippen LogP contribution in [-0.4, -0.2) is 4.98 Å². The second-order valence-electron chi connectivity index (χ2n) is 6.08. The van der Waals surface area contributed by atoms with Crippen molar-refractivity contribution < 1.29 is 35.1 Å². The van der Waals surface area contributed by atoms with Crippen LogP contribution in [0.4, 0.5) is 40.9 Å². The molecule has 1 aromatic heterocycles. The fourth-order valence-electron chi connectivity index (χ4n) is 2.68. The fraction of sp³-hybridized carbons (Fsp3) is 0.105. The molecule has 2 aromatic carbocycles. The molecule has 1 heterocycles. The summed E-state index contributed by atoms with van der Waals surface area (Å²) >= 11 is 0. The second-order valence-corrected chi connectivity index (χ2v) is 6.08. The van der Waals surface area contributed by atoms with E-state index in [0.717, 1.165) is 24.4 Å². The highest BCUT2D eigenvalue weighted by molar-refractivity contribution is 5.80. The first-order chi connectivity index (χ1) is 13.4. The lowest BCUT2D eigenvalue weighted by Crippen LogP contribution is -2.11. The zero-order valence-electron chi connectivity index (χ0n) is 14.2. The molecule has 0 atom stereocenters. The molecule has 0 aliphatic heterocycles. The maximum Gasteiger partial charge on any atom is 0.416 e. The maximum atomic E-state index is 14.1. The molecule has 0 fully saturated rings. The van der Waals surface area contributed by atoms with E-state index in [4.69, 9.17) is 5.73 Å². The van der Waals surface area contributed by atoms with E-state index in [-0.39, 0.29) is 28.6 Å². The van der Waals surface area contributed by atoms with Crippen LogP contribution < -0.4 is 5.73 Å². The molecule has 0 bridgehead atoms. The molecule has 3 aromatic rings. The van der Waals surface area contributed by atoms with Gasteiger partial charge in [-0.15, -0.1) is 0 Å². The highest BCUT2D eigenvalue weighted by Gasteiger charge is 2.37. The van der Waals surface area contributed by atoms with Gasteiger partial charge in [-0.3, -0.25) is 0 Å². The topological polar surface area (TPSA) is 38.9 Å². The number of hydrogen-bond donors (Lipinski definition) is 1. The van der Waals surface area contributed by atoms with Gasteiger partial charge in [0.1, 0.15) is 17.5 Å². The van der Waals surface area contributed by atoms with Gasteiger partial charge < -0.3 is 5.73 Å². The van der Waals surface area contributed by atoms with Crippen molar-refractivity contribution in [2.45, 2.75) is 12.4 Å². The van der Waals surface area contributed by atoms with Crippen molar-refractivity contribution in [3.05, 3.63) is 71.4 Å². The molecule has 0 saturated carbocycles. The van der Waals surface area contributed by atoms with Crippen molar-refractivity contribution in [1.82, 2.24) is 4.98 Å². The third-order valence-electron chi connectivity index (χ3n) is 4.06. The number of rotatable bonds is 2. The lowest BCUT2D eigenvalue weighted by molar-refractivity contribution is -0.143. The summed E-state index contributed by atoms with van der Waals surface area (Å²) in [6.07, 6.45) is -9.08. The molecular formula is C19H10F8N2. The van der Waals surface area contributed by atoms with Crippen LogP contribution in [0.15, 0.2) is 48.7 Å². The smallest absolute Gasteiger partial charge is 0.383 e. The van der Waals surface area contributed by atoms with Gasteiger partial charge >= 0.3 is 12.4 Å². The number of anilines is 1. The molecular weight excluding hydrogens is 408 g/mol. The van der Waals surface area contributed by atoms with E-state index in [0.29, 0.717) is 18.2 Å². The van der Waals surface area contributed by atoms with Crippen molar-refractivity contribution in [3.63, 3.8) is 0 Å². The van der Waals surface area contributed by atoms with Crippen molar-refractivity contribution in [2.24, 2.45) is 0 Å². The number of benzene rings is 2. The Labute approximate surface area is 158 Å². The van der Waals surface area contributed by atoms with Crippen LogP contribution >= 0.6 is 0 Å². The van der Waals surface area contributed by atoms with Crippen LogP contribution in [0.25, 0.3) is 22.3 Å². The van der Waals surface area contributed by atoms with E-state index in [9.17, 15) is 35.1 Å². The van der Waals surface area contributed by atoms with Gasteiger partial charge in [0.2, 0.25) is 0 Å². The Bertz CT molecular complexity index is 1040. The zero-order chi connectivity index (χ0) is 21.6. The van der Waals surface area contributed by atoms with E-state index in [2.05, 4.69) is 4.98 Å². The molecule has 2 nitrogen and oxygen atoms in total. The van der Waals surface area contributed by atoms with E-state index in [1.165, 1.54) is 0 Å². The number of nitrogen functional groups attached to an aromatic ring is 1. The van der Waals surface area contributed by atoms with E-state index in [1.54, 1.807) is 0 Å². The number of nitrogens with two attached hydrogens (primary N) is 1. The fourth-order valence-corrected chi connectivity index (χ4v) is 2.68. The van der Waals surface area contributed by atoms with E-state index < -0.39 is 40.7 Å². The lowest BCUT2D eigenvalue weighted by Gasteiger charge is -2.15. The molecule has 0 radical (unpaired) electrons. The number of nitrogens with zero attached hydrogens (tertiary/aromatic N) is 1. The number of halogens is 8. The lowest BCUT2D eigenvalue weighted by atomic mass is 9.97. The minimum Gasteiger partial charge on any atom is -0.383 e. The molecule has 2 N–H and O–H groups in total. The summed E-state index contributed by atoms with van der Waals surface area (Å²) in [6.45, 7) is 0. The summed E-state index contributed by atoms with van der Waals surface area (Å²) in [7, 11) is 0. The Morgan fingerprint density at radius 3 is 1.79 bits per heavy atom. The highest BCUT2D eigenvalue weighted by Crippen LogP contribution is 2.39. The first-order valence-corrected chi connectivity index (χ1v) is 7.87. The van der Waals surface area contributed by atoms with Gasteiger partial charge in [-0.25, -0.2) is 13.8 Å². The molecule has 152 valence electrons. The Morgan fingerprint density at radius 2 is 1.28 bits per heavy atom. The first-order valence-electron chi connectivity index (χ1n) is 7.87. The first kappa shape index (κ1) is 20.6. The summed E-state index contributed by atoms with van der Waals surface area (Å²) in [5, 5.41) is 0. The minimum atomic E-state index is -5.02. The standard InChI is InChI=1S/C19H10F8N2/c20-13-1-2-14(16(21)7-13)15-5-10(8-29-17(15)28)9-3-11(18(22,23)24)6-12(4-9)19(25,26)27/h1-8H,(H2,28,29). The van der Waals surface area contributed by atoms with Crippen LogP contribution in [0.5, 0.6) is 0 Å². The predicted octanol–water partition coefficient (Wildman–Crippen LogP) is 6.31. The molecule has 0 saturated heterocycles. The van der Waals surface area contributed by atoms with Gasteiger partial charge in [-0.05, 0) is 42.0 Å². The summed E-state index contributed by atoms with van der Waals surface area (Å²) < 4.78 is 106. The van der Waals surface area contributed by atoms with E-state index in [1.807, 2.05) is 0 Å². The van der Waals surface area contributed by atoms with Crippen molar-refractivity contribution in [2.75, 3.05) is 5.73 Å². The summed E-state index contributed by atoms with van der Waals surface area (Å²) in [5.74, 6) is -2.13. The van der Waals surface area contributed by atoms with Gasteiger partial charge in [0.05, 0.1) is 11.1 Å². The summed E-state index contributed by atoms with van der Waals surface area (Å²) in [4.78, 5) is 3.73. The molecule has 0 spiro atoms. The number of alkyl halides is 6. The van der Waals surface area contributed by atoms with Crippen LogP contribution in [0, 0.1) is 11.6 Å². The van der Waals surface area contributed by atoms with Crippen LogP contribution in [0.1, 0.15) is 11.1 Å². The highest BCUT2D eigenvalue weighted by atomic mass is 19.4. The molecule has 10 heteroatoms. The largest absolute Gasteiger partial charge is 0.416 e. The monoisotopic (exact) mass is 418 g/mol. The Hall–Kier alpha value is -3.17. The molecule has 29 heavy (non-hydrogen) atoms. The molecule has 3 rings (SSSR count). The number of aromatic nitrogens is 1. The third kappa shape index (κ3) is 4.30. The predicted molar refractivity (Wildman–Crippen MR) is 89.4 cm³/mol. The average Bonchev–Trinajstić information content (AvgIpc) is 2.61. The Kier molecular flexibility index (Phi) is 4.97. The number of hydrogen-bond acceptors (Lipinski definition) is 2. The summed E-state index contributed by atoms with van der Waals surface area (Å²) in [6, 6.07) is 4.66. The van der Waals surface area contributed by atoms with Gasteiger partial charge in [0.15, 0.2) is 0 Å². The van der Waals surface area contributed by atoms with Crippen LogP contribution in [-0.2, 0) is 12.4 Å². The zero-order valence-corrected chi connectivity index (χ0v) is 14.2. The van der Waals surface area contributed by atoms with Crippen LogP contribution in [0.3, 0.4) is 0 Å².